The minimum absolute atomic E-state index is 0.750. The van der Waals surface area contributed by atoms with Crippen LogP contribution in [0.2, 0.25) is 0 Å². The zero-order valence-corrected chi connectivity index (χ0v) is 4.86. The third-order valence-electron chi connectivity index (χ3n) is 0.688. The lowest BCUT2D eigenvalue weighted by Crippen LogP contribution is -2.22. The number of pyridine rings is 1. The fourth-order valence-electron chi connectivity index (χ4n) is 0.383. The molecule has 0 aliphatic heterocycles. The molecule has 9 heavy (non-hydrogen) atoms. The Hall–Kier alpha value is -1.38. The molecule has 0 saturated heterocycles. The van der Waals surface area contributed by atoms with Gasteiger partial charge in [0.05, 0.1) is 0 Å². The summed E-state index contributed by atoms with van der Waals surface area (Å²) in [6.07, 6.45) is 2.89. The monoisotopic (exact) mass is 125 g/mol. The summed E-state index contributed by atoms with van der Waals surface area (Å²) in [4.78, 5) is 8.00. The van der Waals surface area contributed by atoms with Crippen molar-refractivity contribution in [3.05, 3.63) is 35.8 Å². The summed E-state index contributed by atoms with van der Waals surface area (Å²) in [7, 11) is 0. The topological polar surface area (TPSA) is 44.0 Å². The third kappa shape index (κ3) is 3.22. The van der Waals surface area contributed by atoms with Crippen LogP contribution in [-0.4, -0.2) is 6.79 Å². The first kappa shape index (κ1) is 7.62. The van der Waals surface area contributed by atoms with Crippen LogP contribution in [0.3, 0.4) is 0 Å². The van der Waals surface area contributed by atoms with Gasteiger partial charge in [0.2, 0.25) is 0 Å². The van der Waals surface area contributed by atoms with Crippen molar-refractivity contribution >= 4 is 6.79 Å². The molecule has 1 aromatic rings. The molecule has 0 amide bonds. The maximum atomic E-state index is 10.2. The largest absolute Gasteiger partial charge is 0.619 e. The van der Waals surface area contributed by atoms with Gasteiger partial charge in [0.15, 0.2) is 12.4 Å². The smallest absolute Gasteiger partial charge is 0.180 e. The summed E-state index contributed by atoms with van der Waals surface area (Å²) in [6, 6.07) is 5.18. The molecule has 0 aliphatic carbocycles. The Bertz CT molecular complexity index is 152. The molecule has 0 saturated carbocycles. The predicted octanol–water partition coefficient (Wildman–Crippen LogP) is 0.135. The normalized spacial score (nSPS) is 7.11. The molecule has 0 unspecified atom stereocenters. The van der Waals surface area contributed by atoms with Gasteiger partial charge in [-0.1, -0.05) is 6.07 Å². The van der Waals surface area contributed by atoms with Gasteiger partial charge in [-0.05, 0) is 0 Å². The van der Waals surface area contributed by atoms with Crippen LogP contribution in [0.25, 0.3) is 0 Å². The average molecular weight is 125 g/mol. The fraction of sp³-hybridized carbons (Fsp3) is 0. The lowest BCUT2D eigenvalue weighted by atomic mass is 10.5. The maximum absolute atomic E-state index is 10.2. The van der Waals surface area contributed by atoms with E-state index in [4.69, 9.17) is 4.79 Å². The number of hydrogen-bond donors (Lipinski definition) is 0. The first-order valence-corrected chi connectivity index (χ1v) is 2.32. The maximum Gasteiger partial charge on any atom is 0.180 e. The van der Waals surface area contributed by atoms with Gasteiger partial charge < -0.3 is 10.0 Å². The first-order chi connectivity index (χ1) is 4.39. The molecule has 1 heterocycles. The second kappa shape index (κ2) is 4.77. The van der Waals surface area contributed by atoms with Gasteiger partial charge in [-0.25, -0.2) is 0 Å². The van der Waals surface area contributed by atoms with E-state index in [1.807, 2.05) is 6.79 Å². The van der Waals surface area contributed by atoms with Crippen molar-refractivity contribution < 1.29 is 9.52 Å². The van der Waals surface area contributed by atoms with Crippen molar-refractivity contribution in [3.63, 3.8) is 0 Å². The number of aromatic nitrogens is 1. The minimum atomic E-state index is 0.750. The van der Waals surface area contributed by atoms with Crippen LogP contribution in [0.4, 0.5) is 0 Å². The van der Waals surface area contributed by atoms with E-state index in [-0.39, 0.29) is 0 Å². The highest BCUT2D eigenvalue weighted by atomic mass is 16.5. The molecule has 48 valence electrons. The summed E-state index contributed by atoms with van der Waals surface area (Å²) in [5, 5.41) is 10.2. The van der Waals surface area contributed by atoms with Gasteiger partial charge in [-0.3, -0.25) is 0 Å². The Morgan fingerprint density at radius 1 is 1.11 bits per heavy atom. The van der Waals surface area contributed by atoms with Crippen LogP contribution in [0, 0.1) is 5.21 Å². The molecular formula is C6H7NO2. The van der Waals surface area contributed by atoms with E-state index in [1.54, 1.807) is 18.2 Å². The summed E-state index contributed by atoms with van der Waals surface area (Å²) in [5.41, 5.74) is 0. The standard InChI is InChI=1S/C5H5NO.CH2O/c7-6-4-2-1-3-5-6;1-2/h1-5H;1H2. The molecule has 0 atom stereocenters. The average Bonchev–Trinajstić information content (AvgIpc) is 1.94. The summed E-state index contributed by atoms with van der Waals surface area (Å²) >= 11 is 0. The van der Waals surface area contributed by atoms with E-state index < -0.39 is 0 Å². The lowest BCUT2D eigenvalue weighted by Gasteiger charge is -1.88. The Balaban J connectivity index is 0.000000291. The van der Waals surface area contributed by atoms with Gasteiger partial charge in [0.1, 0.15) is 6.79 Å². The Morgan fingerprint density at radius 2 is 1.56 bits per heavy atom. The molecule has 0 radical (unpaired) electrons. The molecule has 0 spiro atoms. The summed E-state index contributed by atoms with van der Waals surface area (Å²) in [6.45, 7) is 2.00. The number of rotatable bonds is 0. The molecule has 0 aromatic carbocycles. The zero-order chi connectivity index (χ0) is 7.11. The van der Waals surface area contributed by atoms with E-state index in [1.165, 1.54) is 12.4 Å². The van der Waals surface area contributed by atoms with Crippen molar-refractivity contribution in [2.75, 3.05) is 0 Å². The second-order valence-electron chi connectivity index (χ2n) is 1.24. The van der Waals surface area contributed by atoms with E-state index in [0.29, 0.717) is 0 Å². The van der Waals surface area contributed by atoms with E-state index in [2.05, 4.69) is 0 Å². The Labute approximate surface area is 53.1 Å². The zero-order valence-electron chi connectivity index (χ0n) is 4.86. The van der Waals surface area contributed by atoms with Crippen LogP contribution < -0.4 is 4.73 Å². The molecular weight excluding hydrogens is 118 g/mol. The van der Waals surface area contributed by atoms with Gasteiger partial charge in [-0.15, -0.1) is 0 Å². The van der Waals surface area contributed by atoms with Crippen molar-refractivity contribution in [1.29, 1.82) is 0 Å². The molecule has 1 rings (SSSR count). The Kier molecular flexibility index (Phi) is 4.04. The van der Waals surface area contributed by atoms with Crippen LogP contribution in [0.1, 0.15) is 0 Å². The highest BCUT2D eigenvalue weighted by Crippen LogP contribution is 1.72. The first-order valence-electron chi connectivity index (χ1n) is 2.32. The van der Waals surface area contributed by atoms with Gasteiger partial charge in [-0.2, -0.15) is 4.73 Å². The number of carbonyl (C=O) groups is 1. The van der Waals surface area contributed by atoms with E-state index in [9.17, 15) is 5.21 Å². The summed E-state index contributed by atoms with van der Waals surface area (Å²) < 4.78 is 0.750. The van der Waals surface area contributed by atoms with Crippen molar-refractivity contribution in [1.82, 2.24) is 0 Å². The highest BCUT2D eigenvalue weighted by Gasteiger charge is 1.74. The second-order valence-corrected chi connectivity index (χ2v) is 1.24. The molecule has 0 fully saturated rings. The lowest BCUT2D eigenvalue weighted by molar-refractivity contribution is -0.605. The van der Waals surface area contributed by atoms with Crippen molar-refractivity contribution in [2.24, 2.45) is 0 Å². The fourth-order valence-corrected chi connectivity index (χ4v) is 0.383. The third-order valence-corrected chi connectivity index (χ3v) is 0.688. The molecule has 0 N–H and O–H groups in total. The van der Waals surface area contributed by atoms with E-state index in [0.717, 1.165) is 4.73 Å². The number of nitrogens with zero attached hydrogens (tertiary/aromatic N) is 1. The summed E-state index contributed by atoms with van der Waals surface area (Å²) in [5.74, 6) is 0. The van der Waals surface area contributed by atoms with E-state index >= 15 is 0 Å². The van der Waals surface area contributed by atoms with Gasteiger partial charge in [0.25, 0.3) is 0 Å². The highest BCUT2D eigenvalue weighted by molar-refractivity contribution is 5.10. The van der Waals surface area contributed by atoms with Crippen LogP contribution >= 0.6 is 0 Å². The predicted molar refractivity (Wildman–Crippen MR) is 32.5 cm³/mol. The van der Waals surface area contributed by atoms with Crippen molar-refractivity contribution in [3.8, 4) is 0 Å². The molecule has 1 aromatic heterocycles. The van der Waals surface area contributed by atoms with Crippen LogP contribution in [-0.2, 0) is 4.79 Å². The number of hydrogen-bond acceptors (Lipinski definition) is 2. The molecule has 3 heteroatoms. The van der Waals surface area contributed by atoms with Crippen LogP contribution in [0.5, 0.6) is 0 Å². The number of carbonyl (C=O) groups excluding carboxylic acids is 1. The SMILES string of the molecule is C=O.[O-][n+]1ccccc1. The minimum Gasteiger partial charge on any atom is -0.619 e. The molecule has 3 nitrogen and oxygen atoms in total. The van der Waals surface area contributed by atoms with Gasteiger partial charge in [0, 0.05) is 12.1 Å². The Morgan fingerprint density at radius 3 is 1.78 bits per heavy atom. The quantitative estimate of drug-likeness (QED) is 0.365. The van der Waals surface area contributed by atoms with Gasteiger partial charge >= 0.3 is 0 Å². The molecule has 0 aliphatic rings. The van der Waals surface area contributed by atoms with Crippen LogP contribution in [0.15, 0.2) is 30.6 Å². The molecule has 0 bridgehead atoms. The van der Waals surface area contributed by atoms with Crippen molar-refractivity contribution in [2.45, 2.75) is 0 Å².